The van der Waals surface area contributed by atoms with Gasteiger partial charge in [-0.25, -0.2) is 4.79 Å². The molecule has 0 bridgehead atoms. The number of hydrogen-bond acceptors (Lipinski definition) is 4. The van der Waals surface area contributed by atoms with Gasteiger partial charge in [0.25, 0.3) is 0 Å². The van der Waals surface area contributed by atoms with E-state index in [2.05, 4.69) is 0 Å². The van der Waals surface area contributed by atoms with E-state index in [0.29, 0.717) is 10.3 Å². The molecule has 1 aromatic carbocycles. The monoisotopic (exact) mass is 168 g/mol. The number of aromatic hydroxyl groups is 1. The van der Waals surface area contributed by atoms with E-state index in [0.717, 1.165) is 11.3 Å². The molecule has 0 aliphatic heterocycles. The average molecular weight is 168 g/mol. The van der Waals surface area contributed by atoms with Gasteiger partial charge >= 0.3 is 4.94 Å². The molecule has 0 saturated carbocycles. The van der Waals surface area contributed by atoms with Crippen LogP contribution in [-0.2, 0) is 0 Å². The van der Waals surface area contributed by atoms with E-state index in [4.69, 9.17) is 4.42 Å². The fraction of sp³-hybridized carbons (Fsp3) is 0. The summed E-state index contributed by atoms with van der Waals surface area (Å²) in [4.78, 5) is 10.3. The molecule has 4 heteroatoms. The number of phenols is 1. The molecular weight excluding hydrogens is 164 g/mol. The summed E-state index contributed by atoms with van der Waals surface area (Å²) in [5.74, 6) is 0.0957. The Balaban J connectivity index is 3.01. The molecule has 1 aromatic heterocycles. The molecule has 0 spiro atoms. The van der Waals surface area contributed by atoms with Crippen molar-refractivity contribution in [3.63, 3.8) is 0 Å². The standard InChI is InChI=1S/C7H4O3S/c8-4-2-1-3-5-6(4)11-7(9)10-5/h1-3,8H. The van der Waals surface area contributed by atoms with E-state index in [1.54, 1.807) is 12.1 Å². The summed E-state index contributed by atoms with van der Waals surface area (Å²) in [5.41, 5.74) is 0.444. The third-order valence-corrected chi connectivity index (χ3v) is 2.20. The Labute approximate surface area is 65.5 Å². The lowest BCUT2D eigenvalue weighted by Crippen LogP contribution is -1.79. The lowest BCUT2D eigenvalue weighted by molar-refractivity contribution is 0.481. The van der Waals surface area contributed by atoms with Gasteiger partial charge in [-0.3, -0.25) is 0 Å². The number of rotatable bonds is 0. The smallest absolute Gasteiger partial charge is 0.396 e. The summed E-state index contributed by atoms with van der Waals surface area (Å²) in [5, 5.41) is 9.20. The fourth-order valence-corrected chi connectivity index (χ4v) is 1.56. The molecular formula is C7H4O3S. The van der Waals surface area contributed by atoms with Gasteiger partial charge < -0.3 is 9.52 Å². The van der Waals surface area contributed by atoms with Crippen LogP contribution in [0.3, 0.4) is 0 Å². The largest absolute Gasteiger partial charge is 0.506 e. The predicted octanol–water partition coefficient (Wildman–Crippen LogP) is 1.56. The normalized spacial score (nSPS) is 10.5. The van der Waals surface area contributed by atoms with Gasteiger partial charge in [0.15, 0.2) is 5.58 Å². The molecule has 0 aliphatic carbocycles. The predicted molar refractivity (Wildman–Crippen MR) is 42.0 cm³/mol. The van der Waals surface area contributed by atoms with E-state index >= 15 is 0 Å². The SMILES string of the molecule is O=c1oc2cccc(O)c2s1. The Kier molecular flexibility index (Phi) is 1.22. The summed E-state index contributed by atoms with van der Waals surface area (Å²) >= 11 is 0.907. The highest BCUT2D eigenvalue weighted by molar-refractivity contribution is 7.16. The third-order valence-electron chi connectivity index (χ3n) is 1.34. The highest BCUT2D eigenvalue weighted by Gasteiger charge is 2.04. The van der Waals surface area contributed by atoms with Crippen LogP contribution in [-0.4, -0.2) is 5.11 Å². The summed E-state index contributed by atoms with van der Waals surface area (Å²) in [6.07, 6.45) is 0. The fourth-order valence-electron chi connectivity index (χ4n) is 0.881. The van der Waals surface area contributed by atoms with Crippen LogP contribution in [0.5, 0.6) is 5.75 Å². The first-order chi connectivity index (χ1) is 5.27. The van der Waals surface area contributed by atoms with Crippen LogP contribution in [0.4, 0.5) is 0 Å². The number of fused-ring (bicyclic) bond motifs is 1. The molecule has 2 aromatic rings. The molecule has 0 atom stereocenters. The van der Waals surface area contributed by atoms with E-state index in [9.17, 15) is 9.90 Å². The first-order valence-electron chi connectivity index (χ1n) is 2.99. The highest BCUT2D eigenvalue weighted by atomic mass is 32.1. The van der Waals surface area contributed by atoms with Crippen LogP contribution in [0.2, 0.25) is 0 Å². The minimum absolute atomic E-state index is 0.0957. The number of hydrogen-bond donors (Lipinski definition) is 1. The van der Waals surface area contributed by atoms with Gasteiger partial charge in [-0.1, -0.05) is 6.07 Å². The molecule has 1 N–H and O–H groups in total. The third kappa shape index (κ3) is 0.914. The van der Waals surface area contributed by atoms with Crippen LogP contribution in [0.15, 0.2) is 27.4 Å². The van der Waals surface area contributed by atoms with E-state index in [1.807, 2.05) is 0 Å². The van der Waals surface area contributed by atoms with Gasteiger partial charge in [-0.2, -0.15) is 0 Å². The second-order valence-corrected chi connectivity index (χ2v) is 3.00. The van der Waals surface area contributed by atoms with Crippen molar-refractivity contribution in [1.29, 1.82) is 0 Å². The van der Waals surface area contributed by atoms with Crippen LogP contribution in [0, 0.1) is 0 Å². The quantitative estimate of drug-likeness (QED) is 0.649. The molecule has 3 nitrogen and oxygen atoms in total. The maximum absolute atomic E-state index is 10.7. The molecule has 0 fully saturated rings. The zero-order chi connectivity index (χ0) is 7.84. The minimum Gasteiger partial charge on any atom is -0.506 e. The summed E-state index contributed by atoms with van der Waals surface area (Å²) in [6.45, 7) is 0. The molecule has 0 amide bonds. The van der Waals surface area contributed by atoms with Gasteiger partial charge in [0.1, 0.15) is 10.4 Å². The minimum atomic E-state index is -0.387. The van der Waals surface area contributed by atoms with Crippen molar-refractivity contribution in [1.82, 2.24) is 0 Å². The Morgan fingerprint density at radius 3 is 3.00 bits per heavy atom. The van der Waals surface area contributed by atoms with Gasteiger partial charge in [0.2, 0.25) is 0 Å². The zero-order valence-electron chi connectivity index (χ0n) is 5.40. The van der Waals surface area contributed by atoms with Crippen LogP contribution in [0.25, 0.3) is 10.3 Å². The maximum Gasteiger partial charge on any atom is 0.396 e. The van der Waals surface area contributed by atoms with Crippen molar-refractivity contribution >= 4 is 21.6 Å². The molecule has 2 rings (SSSR count). The van der Waals surface area contributed by atoms with Crippen molar-refractivity contribution in [3.8, 4) is 5.75 Å². The van der Waals surface area contributed by atoms with E-state index in [-0.39, 0.29) is 10.7 Å². The van der Waals surface area contributed by atoms with Crippen LogP contribution < -0.4 is 4.94 Å². The number of phenolic OH excluding ortho intramolecular Hbond substituents is 1. The van der Waals surface area contributed by atoms with Crippen molar-refractivity contribution in [2.75, 3.05) is 0 Å². The molecule has 0 unspecified atom stereocenters. The van der Waals surface area contributed by atoms with Crippen LogP contribution >= 0.6 is 11.3 Å². The van der Waals surface area contributed by atoms with Crippen molar-refractivity contribution in [3.05, 3.63) is 27.9 Å². The summed E-state index contributed by atoms with van der Waals surface area (Å²) < 4.78 is 5.26. The lowest BCUT2D eigenvalue weighted by Gasteiger charge is -1.88. The van der Waals surface area contributed by atoms with Gasteiger partial charge in [-0.05, 0) is 23.5 Å². The Morgan fingerprint density at radius 2 is 2.27 bits per heavy atom. The lowest BCUT2D eigenvalue weighted by atomic mass is 10.3. The molecule has 0 radical (unpaired) electrons. The second kappa shape index (κ2) is 2.10. The van der Waals surface area contributed by atoms with Crippen LogP contribution in [0.1, 0.15) is 0 Å². The molecule has 0 aliphatic rings. The van der Waals surface area contributed by atoms with Gasteiger partial charge in [-0.15, -0.1) is 0 Å². The molecule has 0 saturated heterocycles. The first kappa shape index (κ1) is 6.42. The van der Waals surface area contributed by atoms with E-state index < -0.39 is 0 Å². The average Bonchev–Trinajstić information content (AvgIpc) is 2.31. The topological polar surface area (TPSA) is 50.4 Å². The molecule has 11 heavy (non-hydrogen) atoms. The Hall–Kier alpha value is -1.29. The van der Waals surface area contributed by atoms with Crippen molar-refractivity contribution in [2.45, 2.75) is 0 Å². The summed E-state index contributed by atoms with van der Waals surface area (Å²) in [6, 6.07) is 4.80. The second-order valence-electron chi connectivity index (χ2n) is 2.06. The van der Waals surface area contributed by atoms with Gasteiger partial charge in [0, 0.05) is 0 Å². The molecule has 1 heterocycles. The Bertz CT molecular complexity index is 440. The first-order valence-corrected chi connectivity index (χ1v) is 3.80. The Morgan fingerprint density at radius 1 is 1.45 bits per heavy atom. The van der Waals surface area contributed by atoms with Crippen molar-refractivity contribution < 1.29 is 9.52 Å². The highest BCUT2D eigenvalue weighted by Crippen LogP contribution is 2.25. The maximum atomic E-state index is 10.7. The summed E-state index contributed by atoms with van der Waals surface area (Å²) in [7, 11) is 0. The zero-order valence-corrected chi connectivity index (χ0v) is 6.22. The number of benzene rings is 1. The van der Waals surface area contributed by atoms with E-state index in [1.165, 1.54) is 6.07 Å². The van der Waals surface area contributed by atoms with Crippen molar-refractivity contribution in [2.24, 2.45) is 0 Å². The van der Waals surface area contributed by atoms with Gasteiger partial charge in [0.05, 0.1) is 0 Å². The molecule has 56 valence electrons.